The maximum absolute atomic E-state index is 8.65. The van der Waals surface area contributed by atoms with Crippen molar-refractivity contribution in [1.82, 2.24) is 9.97 Å². The SMILES string of the molecule is CCCOc1ccccc1Oc1cnc(C#N)cn1. The summed E-state index contributed by atoms with van der Waals surface area (Å²) in [6, 6.07) is 9.27. The van der Waals surface area contributed by atoms with Crippen molar-refractivity contribution in [2.45, 2.75) is 13.3 Å². The second-order valence-electron chi connectivity index (χ2n) is 3.75. The van der Waals surface area contributed by atoms with Crippen LogP contribution in [0.5, 0.6) is 17.4 Å². The van der Waals surface area contributed by atoms with Crippen LogP contribution in [0.2, 0.25) is 0 Å². The van der Waals surface area contributed by atoms with Crippen LogP contribution in [-0.4, -0.2) is 16.6 Å². The zero-order valence-corrected chi connectivity index (χ0v) is 10.5. The molecule has 2 rings (SSSR count). The molecule has 0 saturated carbocycles. The predicted molar refractivity (Wildman–Crippen MR) is 69.0 cm³/mol. The van der Waals surface area contributed by atoms with Crippen LogP contribution < -0.4 is 9.47 Å². The van der Waals surface area contributed by atoms with Crippen molar-refractivity contribution in [3.8, 4) is 23.4 Å². The lowest BCUT2D eigenvalue weighted by Gasteiger charge is -2.10. The summed E-state index contributed by atoms with van der Waals surface area (Å²) >= 11 is 0. The normalized spacial score (nSPS) is 9.68. The minimum Gasteiger partial charge on any atom is -0.490 e. The van der Waals surface area contributed by atoms with Crippen LogP contribution in [0.25, 0.3) is 0 Å². The van der Waals surface area contributed by atoms with Crippen molar-refractivity contribution in [2.24, 2.45) is 0 Å². The van der Waals surface area contributed by atoms with Crippen molar-refractivity contribution in [1.29, 1.82) is 5.26 Å². The van der Waals surface area contributed by atoms with Gasteiger partial charge >= 0.3 is 0 Å². The molecule has 0 N–H and O–H groups in total. The van der Waals surface area contributed by atoms with E-state index in [1.54, 1.807) is 6.07 Å². The summed E-state index contributed by atoms with van der Waals surface area (Å²) < 4.78 is 11.2. The molecule has 0 aliphatic carbocycles. The molecular weight excluding hydrogens is 242 g/mol. The van der Waals surface area contributed by atoms with E-state index >= 15 is 0 Å². The lowest BCUT2D eigenvalue weighted by Crippen LogP contribution is -1.98. The number of benzene rings is 1. The fourth-order valence-corrected chi connectivity index (χ4v) is 1.41. The monoisotopic (exact) mass is 255 g/mol. The predicted octanol–water partition coefficient (Wildman–Crippen LogP) is 2.93. The Morgan fingerprint density at radius 1 is 1.16 bits per heavy atom. The first kappa shape index (κ1) is 12.8. The zero-order valence-electron chi connectivity index (χ0n) is 10.5. The van der Waals surface area contributed by atoms with E-state index in [2.05, 4.69) is 9.97 Å². The molecule has 5 nitrogen and oxygen atoms in total. The molecular formula is C14H13N3O2. The molecule has 0 atom stereocenters. The van der Waals surface area contributed by atoms with Crippen molar-refractivity contribution < 1.29 is 9.47 Å². The van der Waals surface area contributed by atoms with Gasteiger partial charge in [-0.25, -0.2) is 9.97 Å². The first-order valence-corrected chi connectivity index (χ1v) is 5.95. The molecule has 0 amide bonds. The van der Waals surface area contributed by atoms with E-state index in [1.165, 1.54) is 12.4 Å². The standard InChI is InChI=1S/C14H13N3O2/c1-2-7-18-12-5-3-4-6-13(12)19-14-10-16-11(8-15)9-17-14/h3-6,9-10H,2,7H2,1H3. The van der Waals surface area contributed by atoms with Gasteiger partial charge in [-0.15, -0.1) is 0 Å². The van der Waals surface area contributed by atoms with E-state index in [1.807, 2.05) is 31.2 Å². The lowest BCUT2D eigenvalue weighted by molar-refractivity contribution is 0.300. The van der Waals surface area contributed by atoms with E-state index < -0.39 is 0 Å². The minimum absolute atomic E-state index is 0.253. The minimum atomic E-state index is 0.253. The van der Waals surface area contributed by atoms with Gasteiger partial charge in [0.05, 0.1) is 19.0 Å². The smallest absolute Gasteiger partial charge is 0.238 e. The van der Waals surface area contributed by atoms with Crippen LogP contribution in [0.1, 0.15) is 19.0 Å². The second kappa shape index (κ2) is 6.36. The van der Waals surface area contributed by atoms with Crippen molar-refractivity contribution >= 4 is 0 Å². The molecule has 5 heteroatoms. The van der Waals surface area contributed by atoms with Gasteiger partial charge in [0.15, 0.2) is 17.2 Å². The van der Waals surface area contributed by atoms with Crippen molar-refractivity contribution in [3.63, 3.8) is 0 Å². The number of nitrogens with zero attached hydrogens (tertiary/aromatic N) is 3. The zero-order chi connectivity index (χ0) is 13.5. The summed E-state index contributed by atoms with van der Waals surface area (Å²) in [4.78, 5) is 7.90. The van der Waals surface area contributed by atoms with E-state index in [0.717, 1.165) is 6.42 Å². The van der Waals surface area contributed by atoms with E-state index in [4.69, 9.17) is 14.7 Å². The summed E-state index contributed by atoms with van der Waals surface area (Å²) in [5.74, 6) is 1.57. The third-order valence-corrected chi connectivity index (χ3v) is 2.27. The number of aromatic nitrogens is 2. The van der Waals surface area contributed by atoms with Crippen LogP contribution in [0, 0.1) is 11.3 Å². The number of hydrogen-bond donors (Lipinski definition) is 0. The molecule has 1 aromatic heterocycles. The van der Waals surface area contributed by atoms with Crippen LogP contribution >= 0.6 is 0 Å². The van der Waals surface area contributed by atoms with Gasteiger partial charge in [0.2, 0.25) is 5.88 Å². The summed E-state index contributed by atoms with van der Waals surface area (Å²) in [5, 5.41) is 8.65. The molecule has 0 aliphatic heterocycles. The van der Waals surface area contributed by atoms with Gasteiger partial charge in [-0.2, -0.15) is 5.26 Å². The Labute approximate surface area is 111 Å². The third kappa shape index (κ3) is 3.42. The van der Waals surface area contributed by atoms with Gasteiger partial charge in [-0.1, -0.05) is 19.1 Å². The Balaban J connectivity index is 2.15. The van der Waals surface area contributed by atoms with Crippen LogP contribution in [-0.2, 0) is 0 Å². The topological polar surface area (TPSA) is 68.0 Å². The van der Waals surface area contributed by atoms with Crippen LogP contribution in [0.15, 0.2) is 36.7 Å². The molecule has 0 saturated heterocycles. The van der Waals surface area contributed by atoms with E-state index in [9.17, 15) is 0 Å². The first-order valence-electron chi connectivity index (χ1n) is 5.95. The summed E-state index contributed by atoms with van der Waals surface area (Å²) in [5.41, 5.74) is 0.253. The molecule has 0 bridgehead atoms. The Kier molecular flexibility index (Phi) is 4.29. The fraction of sp³-hybridized carbons (Fsp3) is 0.214. The van der Waals surface area contributed by atoms with Gasteiger partial charge in [-0.3, -0.25) is 0 Å². The number of ether oxygens (including phenoxy) is 2. The highest BCUT2D eigenvalue weighted by Crippen LogP contribution is 2.30. The Bertz CT molecular complexity index is 576. The molecule has 0 fully saturated rings. The molecule has 1 heterocycles. The first-order chi connectivity index (χ1) is 9.33. The van der Waals surface area contributed by atoms with Crippen molar-refractivity contribution in [2.75, 3.05) is 6.61 Å². The highest BCUT2D eigenvalue weighted by atomic mass is 16.5. The van der Waals surface area contributed by atoms with Crippen molar-refractivity contribution in [3.05, 3.63) is 42.4 Å². The molecule has 19 heavy (non-hydrogen) atoms. The molecule has 2 aromatic rings. The average Bonchev–Trinajstić information content (AvgIpc) is 2.47. The largest absolute Gasteiger partial charge is 0.490 e. The molecule has 96 valence electrons. The summed E-state index contributed by atoms with van der Waals surface area (Å²) in [6.07, 6.45) is 3.70. The second-order valence-corrected chi connectivity index (χ2v) is 3.75. The average molecular weight is 255 g/mol. The van der Waals surface area contributed by atoms with E-state index in [0.29, 0.717) is 24.0 Å². The molecule has 1 aromatic carbocycles. The van der Waals surface area contributed by atoms with Gasteiger partial charge in [0.1, 0.15) is 6.07 Å². The highest BCUT2D eigenvalue weighted by molar-refractivity contribution is 5.41. The quantitative estimate of drug-likeness (QED) is 0.821. The number of para-hydroxylation sites is 2. The molecule has 0 spiro atoms. The van der Waals surface area contributed by atoms with Gasteiger partial charge in [-0.05, 0) is 18.6 Å². The number of nitriles is 1. The molecule has 0 radical (unpaired) electrons. The summed E-state index contributed by atoms with van der Waals surface area (Å²) in [6.45, 7) is 2.66. The van der Waals surface area contributed by atoms with Crippen LogP contribution in [0.3, 0.4) is 0 Å². The Morgan fingerprint density at radius 2 is 1.95 bits per heavy atom. The van der Waals surface area contributed by atoms with Gasteiger partial charge < -0.3 is 9.47 Å². The van der Waals surface area contributed by atoms with Crippen LogP contribution in [0.4, 0.5) is 0 Å². The summed E-state index contributed by atoms with van der Waals surface area (Å²) in [7, 11) is 0. The van der Waals surface area contributed by atoms with Gasteiger partial charge in [0, 0.05) is 0 Å². The third-order valence-electron chi connectivity index (χ3n) is 2.27. The Morgan fingerprint density at radius 3 is 2.58 bits per heavy atom. The molecule has 0 unspecified atom stereocenters. The van der Waals surface area contributed by atoms with E-state index in [-0.39, 0.29) is 5.69 Å². The van der Waals surface area contributed by atoms with Gasteiger partial charge in [0.25, 0.3) is 0 Å². The fourth-order valence-electron chi connectivity index (χ4n) is 1.41. The maximum Gasteiger partial charge on any atom is 0.238 e. The Hall–Kier alpha value is -2.61. The maximum atomic E-state index is 8.65. The molecule has 0 aliphatic rings. The lowest BCUT2D eigenvalue weighted by atomic mass is 10.3. The number of rotatable bonds is 5. The highest BCUT2D eigenvalue weighted by Gasteiger charge is 2.06. The number of hydrogen-bond acceptors (Lipinski definition) is 5.